The van der Waals surface area contributed by atoms with E-state index in [0.29, 0.717) is 6.61 Å². The summed E-state index contributed by atoms with van der Waals surface area (Å²) in [6.45, 7) is 9.84. The lowest BCUT2D eigenvalue weighted by atomic mass is 9.79. The van der Waals surface area contributed by atoms with Crippen molar-refractivity contribution in [1.82, 2.24) is 0 Å². The molecule has 2 atom stereocenters. The molecule has 15 heavy (non-hydrogen) atoms. The average Bonchev–Trinajstić information content (AvgIpc) is 2.46. The SMILES string of the molecule is CC1OCCC1(CO)CCOC(C)(C)C. The van der Waals surface area contributed by atoms with Gasteiger partial charge in [0.25, 0.3) is 0 Å². The second kappa shape index (κ2) is 4.81. The topological polar surface area (TPSA) is 38.7 Å². The summed E-state index contributed by atoms with van der Waals surface area (Å²) in [5.41, 5.74) is -0.176. The Morgan fingerprint density at radius 3 is 2.53 bits per heavy atom. The van der Waals surface area contributed by atoms with Crippen molar-refractivity contribution in [3.8, 4) is 0 Å². The van der Waals surface area contributed by atoms with Crippen LogP contribution < -0.4 is 0 Å². The molecule has 1 aliphatic heterocycles. The molecule has 0 aromatic carbocycles. The summed E-state index contributed by atoms with van der Waals surface area (Å²) in [7, 11) is 0. The lowest BCUT2D eigenvalue weighted by molar-refractivity contribution is -0.0425. The fourth-order valence-electron chi connectivity index (χ4n) is 1.99. The molecule has 0 aromatic heterocycles. The second-order valence-electron chi connectivity index (χ2n) is 5.49. The molecule has 1 fully saturated rings. The second-order valence-corrected chi connectivity index (χ2v) is 5.49. The van der Waals surface area contributed by atoms with Gasteiger partial charge in [-0.05, 0) is 40.5 Å². The van der Waals surface area contributed by atoms with Crippen LogP contribution in [0.1, 0.15) is 40.5 Å². The fraction of sp³-hybridized carbons (Fsp3) is 1.00. The summed E-state index contributed by atoms with van der Waals surface area (Å²) in [4.78, 5) is 0. The van der Waals surface area contributed by atoms with Gasteiger partial charge in [-0.1, -0.05) is 0 Å². The Morgan fingerprint density at radius 2 is 2.13 bits per heavy atom. The van der Waals surface area contributed by atoms with E-state index < -0.39 is 0 Å². The minimum atomic E-state index is -0.0979. The molecule has 0 radical (unpaired) electrons. The molecule has 1 rings (SSSR count). The van der Waals surface area contributed by atoms with Gasteiger partial charge in [-0.15, -0.1) is 0 Å². The summed E-state index contributed by atoms with van der Waals surface area (Å²) in [5, 5.41) is 9.48. The van der Waals surface area contributed by atoms with Crippen molar-refractivity contribution >= 4 is 0 Å². The molecule has 0 aromatic rings. The minimum absolute atomic E-state index is 0.0781. The number of aliphatic hydroxyl groups is 1. The first kappa shape index (κ1) is 12.9. The van der Waals surface area contributed by atoms with E-state index in [-0.39, 0.29) is 23.7 Å². The zero-order valence-electron chi connectivity index (χ0n) is 10.4. The molecule has 3 nitrogen and oxygen atoms in total. The summed E-state index contributed by atoms with van der Waals surface area (Å²) in [6.07, 6.45) is 1.96. The molecule has 3 heteroatoms. The normalized spacial score (nSPS) is 32.2. The number of hydrogen-bond donors (Lipinski definition) is 1. The van der Waals surface area contributed by atoms with Crippen molar-refractivity contribution in [2.24, 2.45) is 5.41 Å². The standard InChI is InChI=1S/C12H24O3/c1-10-12(9-13,5-7-14-10)6-8-15-11(2,3)4/h10,13H,5-9H2,1-4H3. The molecule has 1 aliphatic rings. The van der Waals surface area contributed by atoms with E-state index >= 15 is 0 Å². The first-order chi connectivity index (χ1) is 6.90. The Balaban J connectivity index is 2.41. The largest absolute Gasteiger partial charge is 0.396 e. The van der Waals surface area contributed by atoms with Crippen LogP contribution in [0.2, 0.25) is 0 Å². The molecular weight excluding hydrogens is 192 g/mol. The highest BCUT2D eigenvalue weighted by Gasteiger charge is 2.40. The Hall–Kier alpha value is -0.120. The van der Waals surface area contributed by atoms with Gasteiger partial charge in [0.15, 0.2) is 0 Å². The summed E-state index contributed by atoms with van der Waals surface area (Å²) in [6, 6.07) is 0. The Kier molecular flexibility index (Phi) is 4.15. The first-order valence-electron chi connectivity index (χ1n) is 5.76. The van der Waals surface area contributed by atoms with Gasteiger partial charge in [-0.25, -0.2) is 0 Å². The molecule has 2 unspecified atom stereocenters. The number of aliphatic hydroxyl groups excluding tert-OH is 1. The zero-order valence-corrected chi connectivity index (χ0v) is 10.4. The predicted molar refractivity (Wildman–Crippen MR) is 59.9 cm³/mol. The Morgan fingerprint density at radius 1 is 1.47 bits per heavy atom. The molecule has 90 valence electrons. The van der Waals surface area contributed by atoms with Crippen LogP contribution >= 0.6 is 0 Å². The van der Waals surface area contributed by atoms with Crippen molar-refractivity contribution < 1.29 is 14.6 Å². The summed E-state index contributed by atoms with van der Waals surface area (Å²) in [5.74, 6) is 0. The molecule has 0 aliphatic carbocycles. The van der Waals surface area contributed by atoms with Crippen LogP contribution in [0.15, 0.2) is 0 Å². The minimum Gasteiger partial charge on any atom is -0.396 e. The maximum atomic E-state index is 9.48. The molecule has 0 amide bonds. The van der Waals surface area contributed by atoms with E-state index in [1.54, 1.807) is 0 Å². The van der Waals surface area contributed by atoms with Crippen molar-refractivity contribution in [2.45, 2.75) is 52.2 Å². The third kappa shape index (κ3) is 3.44. The van der Waals surface area contributed by atoms with Crippen molar-refractivity contribution in [3.05, 3.63) is 0 Å². The van der Waals surface area contributed by atoms with E-state index in [1.165, 1.54) is 0 Å². The van der Waals surface area contributed by atoms with Crippen LogP contribution in [-0.4, -0.2) is 36.6 Å². The van der Waals surface area contributed by atoms with Crippen LogP contribution in [-0.2, 0) is 9.47 Å². The zero-order chi connectivity index (χ0) is 11.5. The van der Waals surface area contributed by atoms with Crippen molar-refractivity contribution in [2.75, 3.05) is 19.8 Å². The first-order valence-corrected chi connectivity index (χ1v) is 5.76. The van der Waals surface area contributed by atoms with Crippen molar-refractivity contribution in [1.29, 1.82) is 0 Å². The number of ether oxygens (including phenoxy) is 2. The van der Waals surface area contributed by atoms with Crippen LogP contribution in [0.25, 0.3) is 0 Å². The predicted octanol–water partition coefficient (Wildman–Crippen LogP) is 1.98. The van der Waals surface area contributed by atoms with Gasteiger partial charge in [0.2, 0.25) is 0 Å². The van der Waals surface area contributed by atoms with E-state index in [1.807, 2.05) is 27.7 Å². The smallest absolute Gasteiger partial charge is 0.0626 e. The molecule has 1 saturated heterocycles. The van der Waals surface area contributed by atoms with E-state index in [9.17, 15) is 5.11 Å². The van der Waals surface area contributed by atoms with Gasteiger partial charge in [0.05, 0.1) is 18.3 Å². The maximum Gasteiger partial charge on any atom is 0.0626 e. The van der Waals surface area contributed by atoms with Crippen molar-refractivity contribution in [3.63, 3.8) is 0 Å². The molecule has 0 saturated carbocycles. The highest BCUT2D eigenvalue weighted by Crippen LogP contribution is 2.37. The summed E-state index contributed by atoms with van der Waals surface area (Å²) >= 11 is 0. The fourth-order valence-corrected chi connectivity index (χ4v) is 1.99. The molecule has 0 spiro atoms. The Labute approximate surface area is 92.8 Å². The van der Waals surface area contributed by atoms with Crippen LogP contribution in [0.4, 0.5) is 0 Å². The van der Waals surface area contributed by atoms with Crippen LogP contribution in [0, 0.1) is 5.41 Å². The monoisotopic (exact) mass is 216 g/mol. The average molecular weight is 216 g/mol. The number of rotatable bonds is 4. The van der Waals surface area contributed by atoms with Gasteiger partial charge >= 0.3 is 0 Å². The molecule has 1 heterocycles. The molecular formula is C12H24O3. The van der Waals surface area contributed by atoms with Gasteiger partial charge < -0.3 is 14.6 Å². The molecule has 1 N–H and O–H groups in total. The quantitative estimate of drug-likeness (QED) is 0.781. The third-order valence-corrected chi connectivity index (χ3v) is 3.28. The third-order valence-electron chi connectivity index (χ3n) is 3.28. The maximum absolute atomic E-state index is 9.48. The summed E-state index contributed by atoms with van der Waals surface area (Å²) < 4.78 is 11.2. The van der Waals surface area contributed by atoms with Crippen LogP contribution in [0.3, 0.4) is 0 Å². The lowest BCUT2D eigenvalue weighted by Gasteiger charge is -2.31. The van der Waals surface area contributed by atoms with Gasteiger partial charge in [-0.3, -0.25) is 0 Å². The van der Waals surface area contributed by atoms with Gasteiger partial charge in [0.1, 0.15) is 0 Å². The van der Waals surface area contributed by atoms with Crippen LogP contribution in [0.5, 0.6) is 0 Å². The van der Waals surface area contributed by atoms with E-state index in [4.69, 9.17) is 9.47 Å². The lowest BCUT2D eigenvalue weighted by Crippen LogP contribution is -2.35. The Bertz CT molecular complexity index is 198. The highest BCUT2D eigenvalue weighted by atomic mass is 16.5. The van der Waals surface area contributed by atoms with Gasteiger partial charge in [0, 0.05) is 18.6 Å². The molecule has 0 bridgehead atoms. The highest BCUT2D eigenvalue weighted by molar-refractivity contribution is 4.89. The van der Waals surface area contributed by atoms with E-state index in [2.05, 4.69) is 0 Å². The van der Waals surface area contributed by atoms with Gasteiger partial charge in [-0.2, -0.15) is 0 Å². The van der Waals surface area contributed by atoms with E-state index in [0.717, 1.165) is 19.4 Å². The number of hydrogen-bond acceptors (Lipinski definition) is 3.